The van der Waals surface area contributed by atoms with E-state index in [1.165, 1.54) is 0 Å². The molecule has 0 bridgehead atoms. The number of nitrogens with two attached hydrogens (primary N) is 1. The predicted molar refractivity (Wildman–Crippen MR) is 53.3 cm³/mol. The average molecular weight is 230 g/mol. The topological polar surface area (TPSA) is 35.2 Å². The Labute approximate surface area is 80.8 Å². The number of rotatable bonds is 2. The molecule has 1 aromatic rings. The van der Waals surface area contributed by atoms with Crippen molar-refractivity contribution in [3.05, 3.63) is 27.7 Å². The van der Waals surface area contributed by atoms with Gasteiger partial charge in [0, 0.05) is 16.6 Å². The van der Waals surface area contributed by atoms with E-state index >= 15 is 0 Å². The van der Waals surface area contributed by atoms with E-state index in [2.05, 4.69) is 15.9 Å². The van der Waals surface area contributed by atoms with Gasteiger partial charge in [-0.2, -0.15) is 0 Å². The fourth-order valence-corrected chi connectivity index (χ4v) is 1.44. The van der Waals surface area contributed by atoms with Crippen molar-refractivity contribution in [2.24, 2.45) is 5.73 Å². The zero-order valence-electron chi connectivity index (χ0n) is 7.23. The van der Waals surface area contributed by atoms with Gasteiger partial charge in [0.1, 0.15) is 5.75 Å². The Morgan fingerprint density at radius 1 is 1.50 bits per heavy atom. The van der Waals surface area contributed by atoms with Gasteiger partial charge in [0.05, 0.1) is 7.11 Å². The smallest absolute Gasteiger partial charge is 0.123 e. The fraction of sp³-hybridized carbons (Fsp3) is 0.333. The Bertz CT molecular complexity index is 257. The molecular weight excluding hydrogens is 218 g/mol. The molecule has 0 unspecified atom stereocenters. The normalized spacial score (nSPS) is 10.0. The summed E-state index contributed by atoms with van der Waals surface area (Å²) in [6.45, 7) is 2.52. The summed E-state index contributed by atoms with van der Waals surface area (Å²) in [4.78, 5) is 0. The number of halogens is 1. The van der Waals surface area contributed by atoms with Crippen LogP contribution in [0.15, 0.2) is 16.6 Å². The summed E-state index contributed by atoms with van der Waals surface area (Å²) in [5, 5.41) is 0. The summed E-state index contributed by atoms with van der Waals surface area (Å²) >= 11 is 3.44. The number of hydrogen-bond donors (Lipinski definition) is 1. The molecule has 0 aromatic heterocycles. The van der Waals surface area contributed by atoms with Gasteiger partial charge in [-0.15, -0.1) is 0 Å². The first kappa shape index (κ1) is 9.55. The highest BCUT2D eigenvalue weighted by Crippen LogP contribution is 2.26. The summed E-state index contributed by atoms with van der Waals surface area (Å²) < 4.78 is 6.24. The maximum absolute atomic E-state index is 5.54. The molecule has 0 aliphatic carbocycles. The van der Waals surface area contributed by atoms with Crippen LogP contribution in [0.4, 0.5) is 0 Å². The van der Waals surface area contributed by atoms with Gasteiger partial charge in [-0.3, -0.25) is 0 Å². The van der Waals surface area contributed by atoms with E-state index in [1.54, 1.807) is 7.11 Å². The van der Waals surface area contributed by atoms with Crippen molar-refractivity contribution in [2.45, 2.75) is 13.5 Å². The highest BCUT2D eigenvalue weighted by Gasteiger charge is 2.03. The van der Waals surface area contributed by atoms with E-state index in [0.29, 0.717) is 6.54 Å². The van der Waals surface area contributed by atoms with Gasteiger partial charge in [0.2, 0.25) is 0 Å². The third kappa shape index (κ3) is 1.79. The molecule has 0 saturated heterocycles. The molecule has 0 saturated carbocycles. The summed E-state index contributed by atoms with van der Waals surface area (Å²) in [5.41, 5.74) is 7.72. The Hall–Kier alpha value is -0.540. The lowest BCUT2D eigenvalue weighted by molar-refractivity contribution is 0.409. The van der Waals surface area contributed by atoms with E-state index < -0.39 is 0 Å². The molecule has 3 heteroatoms. The first-order valence-corrected chi connectivity index (χ1v) is 4.51. The van der Waals surface area contributed by atoms with E-state index in [-0.39, 0.29) is 0 Å². The van der Waals surface area contributed by atoms with Crippen molar-refractivity contribution < 1.29 is 4.74 Å². The van der Waals surface area contributed by atoms with Crippen molar-refractivity contribution in [1.82, 2.24) is 0 Å². The van der Waals surface area contributed by atoms with Gasteiger partial charge >= 0.3 is 0 Å². The molecule has 0 aliphatic rings. The highest BCUT2D eigenvalue weighted by molar-refractivity contribution is 9.10. The molecule has 0 atom stereocenters. The lowest BCUT2D eigenvalue weighted by Gasteiger charge is -2.08. The first-order chi connectivity index (χ1) is 5.69. The second kappa shape index (κ2) is 3.92. The van der Waals surface area contributed by atoms with Crippen LogP contribution in [-0.4, -0.2) is 7.11 Å². The SMILES string of the molecule is COc1cc(C)c(Br)cc1CN. The van der Waals surface area contributed by atoms with Gasteiger partial charge in [0.25, 0.3) is 0 Å². The molecule has 12 heavy (non-hydrogen) atoms. The number of methoxy groups -OCH3 is 1. The van der Waals surface area contributed by atoms with E-state index in [9.17, 15) is 0 Å². The molecule has 2 N–H and O–H groups in total. The molecule has 0 radical (unpaired) electrons. The van der Waals surface area contributed by atoms with Gasteiger partial charge in [-0.05, 0) is 24.6 Å². The zero-order chi connectivity index (χ0) is 9.14. The average Bonchev–Trinajstić information content (AvgIpc) is 2.09. The van der Waals surface area contributed by atoms with Crippen molar-refractivity contribution in [3.63, 3.8) is 0 Å². The van der Waals surface area contributed by atoms with E-state index in [0.717, 1.165) is 21.3 Å². The van der Waals surface area contributed by atoms with Crippen LogP contribution >= 0.6 is 15.9 Å². The lowest BCUT2D eigenvalue weighted by Crippen LogP contribution is -2.00. The monoisotopic (exact) mass is 229 g/mol. The molecule has 2 nitrogen and oxygen atoms in total. The predicted octanol–water partition coefficient (Wildman–Crippen LogP) is 2.22. The second-order valence-corrected chi connectivity index (χ2v) is 3.47. The molecular formula is C9H12BrNO. The van der Waals surface area contributed by atoms with Crippen LogP contribution < -0.4 is 10.5 Å². The first-order valence-electron chi connectivity index (χ1n) is 3.72. The van der Waals surface area contributed by atoms with E-state index in [1.807, 2.05) is 19.1 Å². The molecule has 0 amide bonds. The van der Waals surface area contributed by atoms with Crippen LogP contribution in [0, 0.1) is 6.92 Å². The second-order valence-electron chi connectivity index (χ2n) is 2.62. The summed E-state index contributed by atoms with van der Waals surface area (Å²) in [5.74, 6) is 0.859. The molecule has 1 rings (SSSR count). The molecule has 0 heterocycles. The fourth-order valence-electron chi connectivity index (χ4n) is 1.05. The highest BCUT2D eigenvalue weighted by atomic mass is 79.9. The molecule has 0 fully saturated rings. The maximum atomic E-state index is 5.54. The molecule has 0 aliphatic heterocycles. The van der Waals surface area contributed by atoms with Crippen molar-refractivity contribution in [3.8, 4) is 5.75 Å². The van der Waals surface area contributed by atoms with Crippen LogP contribution in [0.3, 0.4) is 0 Å². The van der Waals surface area contributed by atoms with Gasteiger partial charge in [-0.1, -0.05) is 15.9 Å². The molecule has 66 valence electrons. The van der Waals surface area contributed by atoms with E-state index in [4.69, 9.17) is 10.5 Å². The third-order valence-corrected chi connectivity index (χ3v) is 2.64. The van der Waals surface area contributed by atoms with Crippen molar-refractivity contribution in [2.75, 3.05) is 7.11 Å². The lowest BCUT2D eigenvalue weighted by atomic mass is 10.1. The largest absolute Gasteiger partial charge is 0.496 e. The number of aryl methyl sites for hydroxylation is 1. The van der Waals surface area contributed by atoms with Crippen molar-refractivity contribution in [1.29, 1.82) is 0 Å². The standard InChI is InChI=1S/C9H12BrNO/c1-6-3-9(12-2)7(5-11)4-8(6)10/h3-4H,5,11H2,1-2H3. The number of hydrogen-bond acceptors (Lipinski definition) is 2. The summed E-state index contributed by atoms with van der Waals surface area (Å²) in [6.07, 6.45) is 0. The quantitative estimate of drug-likeness (QED) is 0.845. The Morgan fingerprint density at radius 2 is 2.17 bits per heavy atom. The Balaban J connectivity index is 3.19. The Kier molecular flexibility index (Phi) is 3.12. The van der Waals surface area contributed by atoms with Gasteiger partial charge in [0.15, 0.2) is 0 Å². The van der Waals surface area contributed by atoms with Crippen molar-refractivity contribution >= 4 is 15.9 Å². The van der Waals surface area contributed by atoms with Crippen LogP contribution in [0.2, 0.25) is 0 Å². The maximum Gasteiger partial charge on any atom is 0.123 e. The van der Waals surface area contributed by atoms with Crippen LogP contribution in [0.5, 0.6) is 5.75 Å². The van der Waals surface area contributed by atoms with Crippen LogP contribution in [0.25, 0.3) is 0 Å². The molecule has 0 spiro atoms. The van der Waals surface area contributed by atoms with Gasteiger partial charge < -0.3 is 10.5 Å². The van der Waals surface area contributed by atoms with Gasteiger partial charge in [-0.25, -0.2) is 0 Å². The molecule has 1 aromatic carbocycles. The minimum absolute atomic E-state index is 0.502. The number of ether oxygens (including phenoxy) is 1. The Morgan fingerprint density at radius 3 is 2.67 bits per heavy atom. The third-order valence-electron chi connectivity index (χ3n) is 1.78. The zero-order valence-corrected chi connectivity index (χ0v) is 8.81. The number of benzene rings is 1. The summed E-state index contributed by atoms with van der Waals surface area (Å²) in [6, 6.07) is 3.97. The van der Waals surface area contributed by atoms with Crippen LogP contribution in [0.1, 0.15) is 11.1 Å². The minimum Gasteiger partial charge on any atom is -0.496 e. The summed E-state index contributed by atoms with van der Waals surface area (Å²) in [7, 11) is 1.65. The van der Waals surface area contributed by atoms with Crippen LogP contribution in [-0.2, 0) is 6.54 Å². The minimum atomic E-state index is 0.502.